The first-order valence-electron chi connectivity index (χ1n) is 10.9. The van der Waals surface area contributed by atoms with Crippen molar-refractivity contribution in [3.8, 4) is 5.75 Å². The van der Waals surface area contributed by atoms with Crippen LogP contribution in [0.5, 0.6) is 5.75 Å². The van der Waals surface area contributed by atoms with Gasteiger partial charge in [-0.25, -0.2) is 4.79 Å². The molecule has 2 heterocycles. The van der Waals surface area contributed by atoms with Gasteiger partial charge in [0, 0.05) is 18.8 Å². The van der Waals surface area contributed by atoms with Gasteiger partial charge in [0.1, 0.15) is 18.5 Å². The van der Waals surface area contributed by atoms with E-state index in [-0.39, 0.29) is 43.2 Å². The second kappa shape index (κ2) is 9.13. The van der Waals surface area contributed by atoms with E-state index >= 15 is 0 Å². The maximum atomic E-state index is 13.2. The van der Waals surface area contributed by atoms with E-state index < -0.39 is 12.1 Å². The van der Waals surface area contributed by atoms with Gasteiger partial charge in [0.25, 0.3) is 5.91 Å². The zero-order valence-electron chi connectivity index (χ0n) is 17.6. The Morgan fingerprint density at radius 1 is 1.19 bits per heavy atom. The van der Waals surface area contributed by atoms with Crippen molar-refractivity contribution in [2.24, 2.45) is 0 Å². The second-order valence-corrected chi connectivity index (χ2v) is 8.56. The minimum Gasteiger partial charge on any atom is -0.490 e. The average Bonchev–Trinajstić information content (AvgIpc) is 3.23. The van der Waals surface area contributed by atoms with Gasteiger partial charge in [-0.3, -0.25) is 9.59 Å². The molecule has 0 aromatic heterocycles. The lowest BCUT2D eigenvalue weighted by Gasteiger charge is -2.42. The molecule has 9 nitrogen and oxygen atoms in total. The third-order valence-corrected chi connectivity index (χ3v) is 6.36. The van der Waals surface area contributed by atoms with Crippen LogP contribution in [0.1, 0.15) is 55.3 Å². The van der Waals surface area contributed by atoms with Crippen LogP contribution in [0.4, 0.5) is 10.5 Å². The number of nitrogens with zero attached hydrogens (tertiary/aromatic N) is 1. The summed E-state index contributed by atoms with van der Waals surface area (Å²) in [7, 11) is 1.73. The highest BCUT2D eigenvalue weighted by Gasteiger charge is 2.39. The van der Waals surface area contributed by atoms with E-state index in [1.807, 2.05) is 0 Å². The molecule has 1 saturated carbocycles. The highest BCUT2D eigenvalue weighted by molar-refractivity contribution is 5.99. The Morgan fingerprint density at radius 2 is 1.97 bits per heavy atom. The minimum absolute atomic E-state index is 0.0601. The quantitative estimate of drug-likeness (QED) is 0.675. The number of urea groups is 1. The molecule has 2 fully saturated rings. The molecule has 2 aliphatic heterocycles. The molecule has 3 atom stereocenters. The van der Waals surface area contributed by atoms with Crippen LogP contribution < -0.4 is 15.4 Å². The second-order valence-electron chi connectivity index (χ2n) is 8.56. The van der Waals surface area contributed by atoms with Crippen molar-refractivity contribution in [1.82, 2.24) is 10.2 Å². The molecule has 1 aromatic rings. The van der Waals surface area contributed by atoms with E-state index in [4.69, 9.17) is 14.6 Å². The van der Waals surface area contributed by atoms with Crippen LogP contribution >= 0.6 is 0 Å². The van der Waals surface area contributed by atoms with Gasteiger partial charge in [-0.15, -0.1) is 0 Å². The fourth-order valence-electron chi connectivity index (χ4n) is 4.72. The SMILES string of the molecule is CN1C(=O)c2cc(NC(=O)NC3CCCC3)ccc2OC[C@@H]2O[C@@H](CC(=O)O)CC[C@@H]21. The van der Waals surface area contributed by atoms with Crippen LogP contribution in [0.3, 0.4) is 0 Å². The van der Waals surface area contributed by atoms with Gasteiger partial charge in [-0.05, 0) is 43.9 Å². The maximum absolute atomic E-state index is 13.2. The van der Waals surface area contributed by atoms with Crippen LogP contribution in [-0.4, -0.2) is 65.9 Å². The smallest absolute Gasteiger partial charge is 0.319 e. The van der Waals surface area contributed by atoms with Crippen molar-refractivity contribution >= 4 is 23.6 Å². The molecule has 3 amide bonds. The molecular formula is C22H29N3O6. The van der Waals surface area contributed by atoms with Crippen LogP contribution in [0.2, 0.25) is 0 Å². The number of amides is 3. The highest BCUT2D eigenvalue weighted by atomic mass is 16.5. The van der Waals surface area contributed by atoms with Crippen LogP contribution in [0.25, 0.3) is 0 Å². The number of hydrogen-bond acceptors (Lipinski definition) is 5. The largest absolute Gasteiger partial charge is 0.490 e. The summed E-state index contributed by atoms with van der Waals surface area (Å²) in [6.07, 6.45) is 4.63. The molecule has 0 radical (unpaired) electrons. The molecule has 4 rings (SSSR count). The van der Waals surface area contributed by atoms with Gasteiger partial charge in [0.2, 0.25) is 0 Å². The van der Waals surface area contributed by atoms with Crippen LogP contribution in [0.15, 0.2) is 18.2 Å². The lowest BCUT2D eigenvalue weighted by atomic mass is 9.94. The third-order valence-electron chi connectivity index (χ3n) is 6.36. The lowest BCUT2D eigenvalue weighted by molar-refractivity contribution is -0.148. The molecule has 3 aliphatic rings. The Labute approximate surface area is 181 Å². The summed E-state index contributed by atoms with van der Waals surface area (Å²) < 4.78 is 11.8. The molecule has 0 spiro atoms. The van der Waals surface area contributed by atoms with Gasteiger partial charge in [-0.2, -0.15) is 0 Å². The van der Waals surface area contributed by atoms with Crippen LogP contribution in [-0.2, 0) is 9.53 Å². The van der Waals surface area contributed by atoms with Gasteiger partial charge < -0.3 is 30.1 Å². The Bertz CT molecular complexity index is 854. The van der Waals surface area contributed by atoms with Crippen molar-refractivity contribution in [1.29, 1.82) is 0 Å². The first-order chi connectivity index (χ1) is 14.9. The molecule has 0 unspecified atom stereocenters. The number of ether oxygens (including phenoxy) is 2. The fraction of sp³-hybridized carbons (Fsp3) is 0.591. The topological polar surface area (TPSA) is 117 Å². The summed E-state index contributed by atoms with van der Waals surface area (Å²) in [6.45, 7) is 0.223. The number of carboxylic acid groups (broad SMARTS) is 1. The number of benzene rings is 1. The monoisotopic (exact) mass is 431 g/mol. The number of carbonyl (C=O) groups excluding carboxylic acids is 2. The third kappa shape index (κ3) is 4.92. The summed E-state index contributed by atoms with van der Waals surface area (Å²) >= 11 is 0. The molecule has 1 aromatic carbocycles. The Kier molecular flexibility index (Phi) is 6.31. The number of rotatable bonds is 4. The molecule has 1 saturated heterocycles. The average molecular weight is 431 g/mol. The summed E-state index contributed by atoms with van der Waals surface area (Å²) in [5, 5.41) is 14.8. The van der Waals surface area contributed by atoms with Crippen molar-refractivity contribution < 1.29 is 29.0 Å². The van der Waals surface area contributed by atoms with E-state index in [0.717, 1.165) is 25.7 Å². The highest BCUT2D eigenvalue weighted by Crippen LogP contribution is 2.32. The maximum Gasteiger partial charge on any atom is 0.319 e. The van der Waals surface area contributed by atoms with E-state index in [9.17, 15) is 14.4 Å². The summed E-state index contributed by atoms with van der Waals surface area (Å²) in [5.74, 6) is -0.701. The zero-order chi connectivity index (χ0) is 22.0. The predicted octanol–water partition coefficient (Wildman–Crippen LogP) is 2.61. The van der Waals surface area contributed by atoms with Crippen molar-refractivity contribution in [2.45, 2.75) is 69.2 Å². The normalized spacial score (nSPS) is 26.2. The molecule has 168 valence electrons. The van der Waals surface area contributed by atoms with E-state index in [1.54, 1.807) is 30.1 Å². The number of fused-ring (bicyclic) bond motifs is 2. The number of likely N-dealkylation sites (N-methyl/N-ethyl adjacent to an activating group) is 1. The molecule has 1 aliphatic carbocycles. The number of hydrogen-bond donors (Lipinski definition) is 3. The van der Waals surface area contributed by atoms with Crippen molar-refractivity contribution in [3.05, 3.63) is 23.8 Å². The summed E-state index contributed by atoms with van der Waals surface area (Å²) in [4.78, 5) is 38.2. The molecular weight excluding hydrogens is 402 g/mol. The Morgan fingerprint density at radius 3 is 2.71 bits per heavy atom. The van der Waals surface area contributed by atoms with Gasteiger partial charge in [0.15, 0.2) is 0 Å². The van der Waals surface area contributed by atoms with Crippen molar-refractivity contribution in [2.75, 3.05) is 19.0 Å². The summed E-state index contributed by atoms with van der Waals surface area (Å²) in [5.41, 5.74) is 0.908. The van der Waals surface area contributed by atoms with E-state index in [0.29, 0.717) is 29.8 Å². The number of carbonyl (C=O) groups is 3. The molecule has 9 heteroatoms. The molecule has 0 bridgehead atoms. The molecule has 3 N–H and O–H groups in total. The first kappa shape index (κ1) is 21.4. The van der Waals surface area contributed by atoms with E-state index in [2.05, 4.69) is 10.6 Å². The van der Waals surface area contributed by atoms with Gasteiger partial charge >= 0.3 is 12.0 Å². The van der Waals surface area contributed by atoms with E-state index in [1.165, 1.54) is 0 Å². The molecule has 31 heavy (non-hydrogen) atoms. The van der Waals surface area contributed by atoms with Crippen molar-refractivity contribution in [3.63, 3.8) is 0 Å². The predicted molar refractivity (Wildman–Crippen MR) is 112 cm³/mol. The fourth-order valence-corrected chi connectivity index (χ4v) is 4.72. The Balaban J connectivity index is 1.47. The van der Waals surface area contributed by atoms with Crippen LogP contribution in [0, 0.1) is 0 Å². The summed E-state index contributed by atoms with van der Waals surface area (Å²) in [6, 6.07) is 4.74. The zero-order valence-corrected chi connectivity index (χ0v) is 17.6. The number of carboxylic acids is 1. The first-order valence-corrected chi connectivity index (χ1v) is 10.9. The number of anilines is 1. The van der Waals surface area contributed by atoms with Gasteiger partial charge in [0.05, 0.1) is 24.1 Å². The lowest BCUT2D eigenvalue weighted by Crippen LogP contribution is -2.53. The Hall–Kier alpha value is -2.81. The number of aliphatic carboxylic acids is 1. The van der Waals surface area contributed by atoms with Gasteiger partial charge in [-0.1, -0.05) is 12.8 Å². The standard InChI is InChI=1S/C22H29N3O6/c1-25-17-8-7-15(11-20(26)27)31-19(17)12-30-18-9-6-14(10-16(18)21(25)28)24-22(29)23-13-4-2-3-5-13/h6,9-10,13,15,17,19H,2-5,7-8,11-12H2,1H3,(H,26,27)(H2,23,24,29)/t15-,17+,19+/m1/s1. The minimum atomic E-state index is -0.901. The number of nitrogens with one attached hydrogen (secondary N) is 2.